The average molecular weight is 340 g/mol. The van der Waals surface area contributed by atoms with Crippen LogP contribution < -0.4 is 5.73 Å². The van der Waals surface area contributed by atoms with Crippen LogP contribution in [0.4, 0.5) is 5.69 Å². The van der Waals surface area contributed by atoms with E-state index in [0.29, 0.717) is 0 Å². The largest absolute Gasteiger partial charge is 0.398 e. The van der Waals surface area contributed by atoms with Crippen molar-refractivity contribution in [2.75, 3.05) is 5.73 Å². The minimum absolute atomic E-state index is 0.859. The molecule has 1 aromatic carbocycles. The van der Waals surface area contributed by atoms with Crippen LogP contribution in [0.2, 0.25) is 0 Å². The number of hydrogen-bond acceptors (Lipinski definition) is 3. The maximum absolute atomic E-state index is 6.10. The Morgan fingerprint density at radius 3 is 2.79 bits per heavy atom. The van der Waals surface area contributed by atoms with Crippen LogP contribution in [-0.2, 0) is 19.2 Å². The number of aromatic nitrogens is 2. The van der Waals surface area contributed by atoms with Gasteiger partial charge in [0, 0.05) is 23.4 Å². The van der Waals surface area contributed by atoms with Gasteiger partial charge in [0.2, 0.25) is 0 Å². The van der Waals surface area contributed by atoms with Crippen molar-refractivity contribution in [2.45, 2.75) is 30.9 Å². The van der Waals surface area contributed by atoms with Crippen molar-refractivity contribution in [1.82, 2.24) is 9.78 Å². The van der Waals surface area contributed by atoms with Crippen molar-refractivity contribution in [3.63, 3.8) is 0 Å². The lowest BCUT2D eigenvalue weighted by Crippen LogP contribution is -1.98. The summed E-state index contributed by atoms with van der Waals surface area (Å²) in [5, 5.41) is 4.51. The molecule has 0 aliphatic heterocycles. The summed E-state index contributed by atoms with van der Waals surface area (Å²) in [5.41, 5.74) is 10.4. The Hall–Kier alpha value is -0.940. The number of hydrogen-bond donors (Lipinski definition) is 1. The Balaban J connectivity index is 2.19. The molecule has 19 heavy (non-hydrogen) atoms. The summed E-state index contributed by atoms with van der Waals surface area (Å²) < 4.78 is 3.07. The Kier molecular flexibility index (Phi) is 4.58. The van der Waals surface area contributed by atoms with E-state index >= 15 is 0 Å². The molecule has 5 heteroatoms. The zero-order chi connectivity index (χ0) is 14.0. The second-order valence-electron chi connectivity index (χ2n) is 4.46. The molecule has 0 aliphatic carbocycles. The van der Waals surface area contributed by atoms with Gasteiger partial charge in [-0.3, -0.25) is 4.68 Å². The molecular weight excluding hydrogens is 322 g/mol. The third-order valence-corrected chi connectivity index (χ3v) is 5.15. The van der Waals surface area contributed by atoms with Crippen LogP contribution in [0.5, 0.6) is 0 Å². The van der Waals surface area contributed by atoms with Crippen LogP contribution in [0, 0.1) is 6.92 Å². The molecule has 0 amide bonds. The highest BCUT2D eigenvalue weighted by molar-refractivity contribution is 9.10. The topological polar surface area (TPSA) is 43.8 Å². The van der Waals surface area contributed by atoms with Gasteiger partial charge in [-0.05, 0) is 40.9 Å². The number of thioether (sulfide) groups is 1. The number of nitrogens with two attached hydrogens (primary N) is 1. The smallest absolute Gasteiger partial charge is 0.0767 e. The van der Waals surface area contributed by atoms with E-state index in [1.165, 1.54) is 5.69 Å². The van der Waals surface area contributed by atoms with E-state index in [9.17, 15) is 0 Å². The number of rotatable bonds is 4. The maximum Gasteiger partial charge on any atom is 0.0767 e. The van der Waals surface area contributed by atoms with Crippen LogP contribution in [-0.4, -0.2) is 9.78 Å². The number of para-hydroxylation sites is 1. The molecule has 2 rings (SSSR count). The molecule has 1 heterocycles. The SMILES string of the molecule is CCc1nn(C)c(CSc2cccc(C)c2N)c1Br. The van der Waals surface area contributed by atoms with Gasteiger partial charge >= 0.3 is 0 Å². The molecule has 0 bridgehead atoms. The summed E-state index contributed by atoms with van der Waals surface area (Å²) >= 11 is 5.39. The van der Waals surface area contributed by atoms with E-state index in [1.807, 2.05) is 30.8 Å². The van der Waals surface area contributed by atoms with Crippen molar-refractivity contribution in [2.24, 2.45) is 7.05 Å². The fourth-order valence-electron chi connectivity index (χ4n) is 1.90. The Morgan fingerprint density at radius 1 is 1.42 bits per heavy atom. The summed E-state index contributed by atoms with van der Waals surface area (Å²) in [7, 11) is 1.99. The molecule has 0 aliphatic rings. The normalized spacial score (nSPS) is 10.9. The third-order valence-electron chi connectivity index (χ3n) is 3.15. The molecule has 0 saturated carbocycles. The van der Waals surface area contributed by atoms with Gasteiger partial charge in [-0.15, -0.1) is 11.8 Å². The lowest BCUT2D eigenvalue weighted by atomic mass is 10.2. The fourth-order valence-corrected chi connectivity index (χ4v) is 3.96. The molecule has 1 aromatic heterocycles. The average Bonchev–Trinajstić information content (AvgIpc) is 2.66. The van der Waals surface area contributed by atoms with Crippen molar-refractivity contribution in [1.29, 1.82) is 0 Å². The van der Waals surface area contributed by atoms with E-state index in [0.717, 1.165) is 38.5 Å². The van der Waals surface area contributed by atoms with Crippen LogP contribution in [0.25, 0.3) is 0 Å². The minimum atomic E-state index is 0.859. The summed E-state index contributed by atoms with van der Waals surface area (Å²) in [6.07, 6.45) is 0.936. The van der Waals surface area contributed by atoms with Gasteiger partial charge < -0.3 is 5.73 Å². The van der Waals surface area contributed by atoms with Gasteiger partial charge in [0.15, 0.2) is 0 Å². The zero-order valence-corrected chi connectivity index (χ0v) is 13.8. The number of benzene rings is 1. The first-order valence-corrected chi connectivity index (χ1v) is 8.00. The van der Waals surface area contributed by atoms with Gasteiger partial charge in [0.1, 0.15) is 0 Å². The molecule has 0 saturated heterocycles. The maximum atomic E-state index is 6.10. The molecule has 102 valence electrons. The standard InChI is InChI=1S/C14H18BrN3S/c1-4-10-13(15)11(18(3)17-10)8-19-12-7-5-6-9(2)14(12)16/h5-7H,4,8,16H2,1-3H3. The number of aryl methyl sites for hydroxylation is 3. The number of halogens is 1. The van der Waals surface area contributed by atoms with Gasteiger partial charge in [-0.25, -0.2) is 0 Å². The zero-order valence-electron chi connectivity index (χ0n) is 11.4. The minimum Gasteiger partial charge on any atom is -0.398 e. The second kappa shape index (κ2) is 6.01. The molecular formula is C14H18BrN3S. The van der Waals surface area contributed by atoms with Crippen molar-refractivity contribution < 1.29 is 0 Å². The van der Waals surface area contributed by atoms with Gasteiger partial charge in [-0.1, -0.05) is 19.1 Å². The highest BCUT2D eigenvalue weighted by Crippen LogP contribution is 2.32. The van der Waals surface area contributed by atoms with Crippen LogP contribution in [0.15, 0.2) is 27.6 Å². The van der Waals surface area contributed by atoms with Crippen LogP contribution in [0.1, 0.15) is 23.9 Å². The van der Waals surface area contributed by atoms with E-state index in [4.69, 9.17) is 5.73 Å². The molecule has 0 spiro atoms. The highest BCUT2D eigenvalue weighted by Gasteiger charge is 2.13. The summed E-state index contributed by atoms with van der Waals surface area (Å²) in [6, 6.07) is 6.15. The summed E-state index contributed by atoms with van der Waals surface area (Å²) in [4.78, 5) is 1.13. The Labute approximate surface area is 126 Å². The quantitative estimate of drug-likeness (QED) is 0.677. The van der Waals surface area contributed by atoms with Crippen molar-refractivity contribution in [3.8, 4) is 0 Å². The fraction of sp³-hybridized carbons (Fsp3) is 0.357. The second-order valence-corrected chi connectivity index (χ2v) is 6.27. The lowest BCUT2D eigenvalue weighted by molar-refractivity contribution is 0.719. The third kappa shape index (κ3) is 2.98. The van der Waals surface area contributed by atoms with Gasteiger partial charge in [0.25, 0.3) is 0 Å². The predicted molar refractivity (Wildman–Crippen MR) is 85.4 cm³/mol. The molecule has 2 aromatic rings. The van der Waals surface area contributed by atoms with Crippen LogP contribution in [0.3, 0.4) is 0 Å². The molecule has 3 nitrogen and oxygen atoms in total. The first kappa shape index (κ1) is 14.5. The molecule has 0 unspecified atom stereocenters. The molecule has 0 radical (unpaired) electrons. The Morgan fingerprint density at radius 2 is 2.16 bits per heavy atom. The molecule has 0 fully saturated rings. The first-order chi connectivity index (χ1) is 9.04. The van der Waals surface area contributed by atoms with E-state index in [1.54, 1.807) is 11.8 Å². The van der Waals surface area contributed by atoms with Gasteiger partial charge in [0.05, 0.1) is 15.9 Å². The number of nitrogens with zero attached hydrogens (tertiary/aromatic N) is 2. The van der Waals surface area contributed by atoms with E-state index < -0.39 is 0 Å². The summed E-state index contributed by atoms with van der Waals surface area (Å²) in [5.74, 6) is 0.859. The first-order valence-electron chi connectivity index (χ1n) is 6.22. The number of anilines is 1. The number of nitrogen functional groups attached to an aromatic ring is 1. The van der Waals surface area contributed by atoms with E-state index in [-0.39, 0.29) is 0 Å². The Bertz CT molecular complexity index is 593. The highest BCUT2D eigenvalue weighted by atomic mass is 79.9. The molecule has 0 atom stereocenters. The molecule has 2 N–H and O–H groups in total. The summed E-state index contributed by atoms with van der Waals surface area (Å²) in [6.45, 7) is 4.15. The van der Waals surface area contributed by atoms with Crippen LogP contribution >= 0.6 is 27.7 Å². The lowest BCUT2D eigenvalue weighted by Gasteiger charge is -2.08. The monoisotopic (exact) mass is 339 g/mol. The predicted octanol–water partition coefficient (Wildman–Crippen LogP) is 3.93. The van der Waals surface area contributed by atoms with Gasteiger partial charge in [-0.2, -0.15) is 5.10 Å². The van der Waals surface area contributed by atoms with Crippen molar-refractivity contribution in [3.05, 3.63) is 39.6 Å². The van der Waals surface area contributed by atoms with Crippen molar-refractivity contribution >= 4 is 33.4 Å². The van der Waals surface area contributed by atoms with E-state index in [2.05, 4.69) is 34.0 Å².